The van der Waals surface area contributed by atoms with E-state index in [1.807, 2.05) is 6.92 Å². The molecule has 1 aromatic rings. The first-order valence-electron chi connectivity index (χ1n) is 5.60. The first kappa shape index (κ1) is 15.4. The van der Waals surface area contributed by atoms with Crippen molar-refractivity contribution in [3.63, 3.8) is 0 Å². The highest BCUT2D eigenvalue weighted by atomic mass is 79.9. The number of anilines is 1. The molecular weight excluding hydrogens is 322 g/mol. The first-order valence-corrected chi connectivity index (χ1v) is 6.77. The van der Waals surface area contributed by atoms with E-state index in [4.69, 9.17) is 17.3 Å². The van der Waals surface area contributed by atoms with Crippen molar-refractivity contribution in [2.45, 2.75) is 32.2 Å². The molecule has 0 radical (unpaired) electrons. The molecule has 0 aliphatic rings. The van der Waals surface area contributed by atoms with Gasteiger partial charge >= 0.3 is 0 Å². The molecule has 0 saturated carbocycles. The van der Waals surface area contributed by atoms with Gasteiger partial charge in [0.25, 0.3) is 0 Å². The molecule has 0 saturated heterocycles. The van der Waals surface area contributed by atoms with E-state index in [2.05, 4.69) is 21.2 Å². The lowest BCUT2D eigenvalue weighted by atomic mass is 10.1. The second kappa shape index (κ2) is 7.07. The Balaban J connectivity index is 2.59. The maximum absolute atomic E-state index is 13.0. The number of carbonyl (C=O) groups is 1. The fourth-order valence-corrected chi connectivity index (χ4v) is 2.35. The maximum atomic E-state index is 13.0. The molecule has 0 bridgehead atoms. The van der Waals surface area contributed by atoms with Gasteiger partial charge in [0.15, 0.2) is 0 Å². The molecule has 0 aliphatic carbocycles. The summed E-state index contributed by atoms with van der Waals surface area (Å²) in [4.78, 5) is 11.7. The molecule has 3 N–H and O–H groups in total. The van der Waals surface area contributed by atoms with Crippen LogP contribution in [0.3, 0.4) is 0 Å². The van der Waals surface area contributed by atoms with Gasteiger partial charge in [-0.2, -0.15) is 0 Å². The molecule has 1 atom stereocenters. The molecular formula is C12H15BrClFN2O. The molecule has 1 amide bonds. The van der Waals surface area contributed by atoms with Crippen molar-refractivity contribution in [2.75, 3.05) is 5.32 Å². The third kappa shape index (κ3) is 4.92. The zero-order valence-corrected chi connectivity index (χ0v) is 12.3. The number of benzene rings is 1. The predicted octanol–water partition coefficient (Wildman–Crippen LogP) is 3.70. The molecule has 0 aliphatic heterocycles. The molecule has 1 unspecified atom stereocenters. The second-order valence-electron chi connectivity index (χ2n) is 4.16. The summed E-state index contributed by atoms with van der Waals surface area (Å²) in [5, 5.41) is 2.82. The van der Waals surface area contributed by atoms with Crippen LogP contribution in [0.1, 0.15) is 26.2 Å². The van der Waals surface area contributed by atoms with Crippen LogP contribution in [0, 0.1) is 5.82 Å². The Hall–Kier alpha value is -0.650. The van der Waals surface area contributed by atoms with Gasteiger partial charge in [-0.3, -0.25) is 4.79 Å². The van der Waals surface area contributed by atoms with Gasteiger partial charge < -0.3 is 11.1 Å². The van der Waals surface area contributed by atoms with Crippen LogP contribution in [0.2, 0.25) is 5.02 Å². The SMILES string of the molecule is CC(N)CCCC(=O)Nc1c(Cl)cc(F)cc1Br. The highest BCUT2D eigenvalue weighted by Gasteiger charge is 2.11. The molecule has 0 aromatic heterocycles. The minimum atomic E-state index is -0.457. The number of halogens is 3. The Morgan fingerprint density at radius 1 is 1.61 bits per heavy atom. The zero-order valence-electron chi connectivity index (χ0n) is 9.97. The summed E-state index contributed by atoms with van der Waals surface area (Å²) >= 11 is 9.02. The summed E-state index contributed by atoms with van der Waals surface area (Å²) in [7, 11) is 0. The number of nitrogens with two attached hydrogens (primary N) is 1. The highest BCUT2D eigenvalue weighted by Crippen LogP contribution is 2.31. The zero-order chi connectivity index (χ0) is 13.7. The van der Waals surface area contributed by atoms with E-state index in [0.717, 1.165) is 12.5 Å². The van der Waals surface area contributed by atoms with Crippen molar-refractivity contribution in [3.8, 4) is 0 Å². The fourth-order valence-electron chi connectivity index (χ4n) is 1.45. The lowest BCUT2D eigenvalue weighted by Gasteiger charge is -2.10. The van der Waals surface area contributed by atoms with E-state index in [0.29, 0.717) is 23.0 Å². The Morgan fingerprint density at radius 3 is 2.83 bits per heavy atom. The second-order valence-corrected chi connectivity index (χ2v) is 5.42. The molecule has 0 heterocycles. The topological polar surface area (TPSA) is 55.1 Å². The van der Waals surface area contributed by atoms with Crippen LogP contribution in [0.25, 0.3) is 0 Å². The normalized spacial score (nSPS) is 12.3. The van der Waals surface area contributed by atoms with Gasteiger partial charge in [0, 0.05) is 16.9 Å². The average molecular weight is 338 g/mol. The van der Waals surface area contributed by atoms with E-state index in [9.17, 15) is 9.18 Å². The minimum absolute atomic E-state index is 0.0824. The van der Waals surface area contributed by atoms with Crippen LogP contribution < -0.4 is 11.1 Å². The monoisotopic (exact) mass is 336 g/mol. The predicted molar refractivity (Wildman–Crippen MR) is 75.2 cm³/mol. The standard InChI is InChI=1S/C12H15BrClFN2O/c1-7(16)3-2-4-11(18)17-12-9(13)5-8(15)6-10(12)14/h5-7H,2-4,16H2,1H3,(H,17,18). The summed E-state index contributed by atoms with van der Waals surface area (Å²) in [6.45, 7) is 1.89. The molecule has 100 valence electrons. The average Bonchev–Trinajstić information content (AvgIpc) is 2.22. The van der Waals surface area contributed by atoms with E-state index >= 15 is 0 Å². The molecule has 1 aromatic carbocycles. The van der Waals surface area contributed by atoms with Crippen molar-refractivity contribution < 1.29 is 9.18 Å². The number of rotatable bonds is 5. The van der Waals surface area contributed by atoms with Crippen molar-refractivity contribution in [3.05, 3.63) is 27.4 Å². The van der Waals surface area contributed by atoms with Crippen LogP contribution in [0.15, 0.2) is 16.6 Å². The number of hydrogen-bond donors (Lipinski definition) is 2. The Labute approximate surface area is 119 Å². The van der Waals surface area contributed by atoms with Gasteiger partial charge in [0.05, 0.1) is 10.7 Å². The van der Waals surface area contributed by atoms with E-state index < -0.39 is 5.82 Å². The van der Waals surface area contributed by atoms with Crippen molar-refractivity contribution in [1.29, 1.82) is 0 Å². The maximum Gasteiger partial charge on any atom is 0.224 e. The number of nitrogens with one attached hydrogen (secondary N) is 1. The quantitative estimate of drug-likeness (QED) is 0.861. The third-order valence-corrected chi connectivity index (χ3v) is 3.26. The van der Waals surface area contributed by atoms with Crippen LogP contribution in [0.4, 0.5) is 10.1 Å². The largest absolute Gasteiger partial charge is 0.328 e. The van der Waals surface area contributed by atoms with Crippen molar-refractivity contribution in [1.82, 2.24) is 0 Å². The molecule has 0 spiro atoms. The molecule has 18 heavy (non-hydrogen) atoms. The summed E-state index contributed by atoms with van der Waals surface area (Å²) in [5.41, 5.74) is 5.99. The van der Waals surface area contributed by atoms with Crippen LogP contribution in [-0.4, -0.2) is 11.9 Å². The lowest BCUT2D eigenvalue weighted by Crippen LogP contribution is -2.17. The summed E-state index contributed by atoms with van der Waals surface area (Å²) in [6, 6.07) is 2.49. The summed E-state index contributed by atoms with van der Waals surface area (Å²) < 4.78 is 13.4. The van der Waals surface area contributed by atoms with Gasteiger partial charge in [0.1, 0.15) is 5.82 Å². The molecule has 6 heteroatoms. The lowest BCUT2D eigenvalue weighted by molar-refractivity contribution is -0.116. The van der Waals surface area contributed by atoms with E-state index in [1.165, 1.54) is 6.07 Å². The highest BCUT2D eigenvalue weighted by molar-refractivity contribution is 9.10. The first-order chi connectivity index (χ1) is 8.40. The summed E-state index contributed by atoms with van der Waals surface area (Å²) in [6.07, 6.45) is 1.85. The Bertz CT molecular complexity index is 417. The van der Waals surface area contributed by atoms with Gasteiger partial charge in [-0.05, 0) is 47.8 Å². The van der Waals surface area contributed by atoms with Crippen LogP contribution >= 0.6 is 27.5 Å². The van der Waals surface area contributed by atoms with Crippen molar-refractivity contribution >= 4 is 39.1 Å². The molecule has 0 fully saturated rings. The Kier molecular flexibility index (Phi) is 6.05. The number of amides is 1. The van der Waals surface area contributed by atoms with Gasteiger partial charge in [-0.15, -0.1) is 0 Å². The van der Waals surface area contributed by atoms with Crippen molar-refractivity contribution in [2.24, 2.45) is 5.73 Å². The van der Waals surface area contributed by atoms with Crippen LogP contribution in [-0.2, 0) is 4.79 Å². The third-order valence-electron chi connectivity index (χ3n) is 2.33. The fraction of sp³-hybridized carbons (Fsp3) is 0.417. The number of hydrogen-bond acceptors (Lipinski definition) is 2. The molecule has 3 nitrogen and oxygen atoms in total. The van der Waals surface area contributed by atoms with E-state index in [1.54, 1.807) is 0 Å². The van der Waals surface area contributed by atoms with Crippen LogP contribution in [0.5, 0.6) is 0 Å². The van der Waals surface area contributed by atoms with Gasteiger partial charge in [-0.1, -0.05) is 11.6 Å². The van der Waals surface area contributed by atoms with E-state index in [-0.39, 0.29) is 17.0 Å². The van der Waals surface area contributed by atoms with Gasteiger partial charge in [-0.25, -0.2) is 4.39 Å². The smallest absolute Gasteiger partial charge is 0.224 e. The Morgan fingerprint density at radius 2 is 2.28 bits per heavy atom. The minimum Gasteiger partial charge on any atom is -0.328 e. The summed E-state index contributed by atoms with van der Waals surface area (Å²) in [5.74, 6) is -0.619. The van der Waals surface area contributed by atoms with Gasteiger partial charge in [0.2, 0.25) is 5.91 Å². The molecule has 1 rings (SSSR count). The number of carbonyl (C=O) groups excluding carboxylic acids is 1.